The molecule has 3 N–H and O–H groups in total. The number of nitrogens with one attached hydrogen (secondary N) is 3. The number of pyridine rings is 1. The van der Waals surface area contributed by atoms with Crippen LogP contribution < -0.4 is 21.1 Å². The Morgan fingerprint density at radius 3 is 2.59 bits per heavy atom. The number of aromatic nitrogens is 1. The smallest absolute Gasteiger partial charge is 0.409 e. The zero-order chi connectivity index (χ0) is 15.4. The number of fused-ring (bicyclic) bond motifs is 1. The third-order valence-corrected chi connectivity index (χ3v) is 3.07. The minimum absolute atomic E-state index is 0.187. The first kappa shape index (κ1) is 13.7. The molecule has 110 valence electrons. The summed E-state index contributed by atoms with van der Waals surface area (Å²) in [5.74, 6) is 0.441. The van der Waals surface area contributed by atoms with E-state index >= 15 is 0 Å². The second kappa shape index (κ2) is 6.01. The number of H-pyrrole nitrogens is 1. The van der Waals surface area contributed by atoms with Gasteiger partial charge in [-0.25, -0.2) is 10.2 Å². The molecule has 1 aromatic heterocycles. The van der Waals surface area contributed by atoms with Gasteiger partial charge in [-0.3, -0.25) is 10.2 Å². The summed E-state index contributed by atoms with van der Waals surface area (Å²) in [7, 11) is 0. The summed E-state index contributed by atoms with van der Waals surface area (Å²) in [6.07, 6.45) is 0.908. The van der Waals surface area contributed by atoms with Crippen LogP contribution in [0.3, 0.4) is 0 Å². The van der Waals surface area contributed by atoms with Crippen molar-refractivity contribution >= 4 is 22.6 Å². The Hall–Kier alpha value is -3.28. The van der Waals surface area contributed by atoms with Crippen molar-refractivity contribution in [2.24, 2.45) is 0 Å². The highest BCUT2D eigenvalue weighted by Crippen LogP contribution is 2.19. The molecule has 0 bridgehead atoms. The highest BCUT2D eigenvalue weighted by atomic mass is 16.6. The lowest BCUT2D eigenvalue weighted by Crippen LogP contribution is -2.32. The van der Waals surface area contributed by atoms with E-state index in [9.17, 15) is 9.59 Å². The molecule has 0 spiro atoms. The second-order valence-electron chi connectivity index (χ2n) is 4.53. The molecule has 0 radical (unpaired) electrons. The van der Waals surface area contributed by atoms with Crippen molar-refractivity contribution in [2.45, 2.75) is 0 Å². The summed E-state index contributed by atoms with van der Waals surface area (Å²) in [6, 6.07) is 15.7. The first-order valence-electron chi connectivity index (χ1n) is 6.63. The van der Waals surface area contributed by atoms with Crippen LogP contribution in [-0.2, 0) is 0 Å². The predicted octanol–water partition coefficient (Wildman–Crippen LogP) is 2.64. The molecule has 0 unspecified atom stereocenters. The van der Waals surface area contributed by atoms with Crippen LogP contribution in [0.5, 0.6) is 5.75 Å². The molecule has 0 saturated heterocycles. The molecule has 0 aliphatic heterocycles. The molecule has 0 aliphatic carbocycles. The van der Waals surface area contributed by atoms with Crippen molar-refractivity contribution in [1.29, 1.82) is 0 Å². The number of amides is 1. The van der Waals surface area contributed by atoms with Gasteiger partial charge in [-0.1, -0.05) is 24.3 Å². The Bertz CT molecular complexity index is 859. The van der Waals surface area contributed by atoms with Gasteiger partial charge in [-0.2, -0.15) is 0 Å². The van der Waals surface area contributed by atoms with Crippen molar-refractivity contribution in [2.75, 3.05) is 5.43 Å². The van der Waals surface area contributed by atoms with Gasteiger partial charge in [0.1, 0.15) is 5.75 Å². The molecular weight excluding hydrogens is 282 g/mol. The number of hydrogen-bond acceptors (Lipinski definition) is 4. The van der Waals surface area contributed by atoms with Crippen molar-refractivity contribution < 1.29 is 9.53 Å². The fourth-order valence-electron chi connectivity index (χ4n) is 2.07. The highest BCUT2D eigenvalue weighted by molar-refractivity contribution is 5.93. The van der Waals surface area contributed by atoms with Gasteiger partial charge < -0.3 is 9.72 Å². The monoisotopic (exact) mass is 295 g/mol. The molecule has 6 nitrogen and oxygen atoms in total. The molecule has 0 aliphatic rings. The van der Waals surface area contributed by atoms with E-state index in [2.05, 4.69) is 15.8 Å². The van der Waals surface area contributed by atoms with Crippen molar-refractivity contribution in [1.82, 2.24) is 10.4 Å². The number of rotatable bonds is 3. The Kier molecular flexibility index (Phi) is 3.74. The lowest BCUT2D eigenvalue weighted by Gasteiger charge is -2.11. The van der Waals surface area contributed by atoms with Crippen LogP contribution in [0, 0.1) is 0 Å². The maximum atomic E-state index is 11.7. The van der Waals surface area contributed by atoms with Crippen molar-refractivity contribution in [3.63, 3.8) is 0 Å². The molecule has 1 amide bonds. The summed E-state index contributed by atoms with van der Waals surface area (Å²) >= 11 is 0. The molecule has 0 atom stereocenters. The van der Waals surface area contributed by atoms with E-state index in [0.29, 0.717) is 22.2 Å². The van der Waals surface area contributed by atoms with E-state index in [1.807, 2.05) is 6.07 Å². The molecule has 0 saturated carbocycles. The quantitative estimate of drug-likeness (QED) is 0.649. The first-order chi connectivity index (χ1) is 10.7. The number of benzene rings is 2. The number of hydrazine groups is 1. The third kappa shape index (κ3) is 2.90. The van der Waals surface area contributed by atoms with Crippen LogP contribution in [0.1, 0.15) is 0 Å². The molecule has 0 fully saturated rings. The summed E-state index contributed by atoms with van der Waals surface area (Å²) in [5.41, 5.74) is 5.61. The summed E-state index contributed by atoms with van der Waals surface area (Å²) in [5, 5.41) is 1.23. The summed E-state index contributed by atoms with van der Waals surface area (Å²) in [4.78, 5) is 26.0. The van der Waals surface area contributed by atoms with Crippen LogP contribution in [-0.4, -0.2) is 11.1 Å². The van der Waals surface area contributed by atoms with Gasteiger partial charge in [0.15, 0.2) is 0 Å². The van der Waals surface area contributed by atoms with Crippen molar-refractivity contribution in [3.8, 4) is 5.75 Å². The van der Waals surface area contributed by atoms with E-state index in [1.54, 1.807) is 54.7 Å². The number of hydrogen-bond donors (Lipinski definition) is 3. The first-order valence-corrected chi connectivity index (χ1v) is 6.63. The normalized spacial score (nSPS) is 10.2. The SMILES string of the molecule is O=C(NNc1cccc2c(=O)[nH]ccc12)Oc1ccccc1. The van der Waals surface area contributed by atoms with E-state index < -0.39 is 6.09 Å². The maximum absolute atomic E-state index is 11.7. The third-order valence-electron chi connectivity index (χ3n) is 3.07. The number of ether oxygens (including phenoxy) is 1. The van der Waals surface area contributed by atoms with Crippen LogP contribution in [0.25, 0.3) is 10.8 Å². The van der Waals surface area contributed by atoms with Crippen LogP contribution >= 0.6 is 0 Å². The molecule has 3 rings (SSSR count). The van der Waals surface area contributed by atoms with Crippen molar-refractivity contribution in [3.05, 3.63) is 71.1 Å². The largest absolute Gasteiger partial charge is 0.431 e. The zero-order valence-electron chi connectivity index (χ0n) is 11.5. The minimum atomic E-state index is -0.645. The van der Waals surface area contributed by atoms with Gasteiger partial charge in [0.25, 0.3) is 5.56 Å². The van der Waals surface area contributed by atoms with Gasteiger partial charge >= 0.3 is 6.09 Å². The minimum Gasteiger partial charge on any atom is -0.409 e. The molecule has 6 heteroatoms. The molecule has 3 aromatic rings. The number of carbonyl (C=O) groups excluding carboxylic acids is 1. The van der Waals surface area contributed by atoms with E-state index in [1.165, 1.54) is 0 Å². The standard InChI is InChI=1S/C16H13N3O3/c20-15-13-7-4-8-14(12(13)9-10-17-15)18-19-16(21)22-11-5-2-1-3-6-11/h1-10,18H,(H,17,20)(H,19,21). The Labute approximate surface area is 125 Å². The van der Waals surface area contributed by atoms with Gasteiger partial charge in [0.05, 0.1) is 5.69 Å². The molecule has 22 heavy (non-hydrogen) atoms. The Morgan fingerprint density at radius 1 is 0.955 bits per heavy atom. The van der Waals surface area contributed by atoms with Crippen LogP contribution in [0.15, 0.2) is 65.6 Å². The Morgan fingerprint density at radius 2 is 1.77 bits per heavy atom. The maximum Gasteiger partial charge on any atom is 0.431 e. The lowest BCUT2D eigenvalue weighted by molar-refractivity contribution is 0.203. The number of aromatic amines is 1. The second-order valence-corrected chi connectivity index (χ2v) is 4.53. The van der Waals surface area contributed by atoms with Gasteiger partial charge in [0, 0.05) is 17.0 Å². The topological polar surface area (TPSA) is 83.2 Å². The fourth-order valence-corrected chi connectivity index (χ4v) is 2.07. The summed E-state index contributed by atoms with van der Waals surface area (Å²) in [6.45, 7) is 0. The fraction of sp³-hybridized carbons (Fsp3) is 0. The van der Waals surface area contributed by atoms with Crippen LogP contribution in [0.2, 0.25) is 0 Å². The van der Waals surface area contributed by atoms with Gasteiger partial charge in [-0.15, -0.1) is 0 Å². The Balaban J connectivity index is 1.73. The van der Waals surface area contributed by atoms with Gasteiger partial charge in [-0.05, 0) is 30.3 Å². The summed E-state index contributed by atoms with van der Waals surface area (Å²) < 4.78 is 5.09. The van der Waals surface area contributed by atoms with E-state index in [-0.39, 0.29) is 5.56 Å². The van der Waals surface area contributed by atoms with Crippen LogP contribution in [0.4, 0.5) is 10.5 Å². The van der Waals surface area contributed by atoms with E-state index in [0.717, 1.165) is 0 Å². The van der Waals surface area contributed by atoms with E-state index in [4.69, 9.17) is 4.74 Å². The highest BCUT2D eigenvalue weighted by Gasteiger charge is 2.06. The number of anilines is 1. The average Bonchev–Trinajstić information content (AvgIpc) is 2.54. The molecular formula is C16H13N3O3. The van der Waals surface area contributed by atoms with Gasteiger partial charge in [0.2, 0.25) is 0 Å². The average molecular weight is 295 g/mol. The number of para-hydroxylation sites is 1. The predicted molar refractivity (Wildman–Crippen MR) is 83.8 cm³/mol. The molecule has 1 heterocycles. The molecule has 2 aromatic carbocycles. The zero-order valence-corrected chi connectivity index (χ0v) is 11.5. The number of carbonyl (C=O) groups is 1. The lowest BCUT2D eigenvalue weighted by atomic mass is 10.1.